The normalized spacial score (nSPS) is 12.1. The van der Waals surface area contributed by atoms with Crippen molar-refractivity contribution in [3.05, 3.63) is 0 Å². The summed E-state index contributed by atoms with van der Waals surface area (Å²) in [4.78, 5) is 11.2. The number of alkyl halides is 1. The molecule has 1 amide bonds. The van der Waals surface area contributed by atoms with Gasteiger partial charge in [0, 0.05) is 10.5 Å². The first-order chi connectivity index (χ1) is 10.7. The molecule has 132 valence electrons. The van der Waals surface area contributed by atoms with Gasteiger partial charge in [0.15, 0.2) is 0 Å². The summed E-state index contributed by atoms with van der Waals surface area (Å²) >= 11 is 2.32. The Morgan fingerprint density at radius 3 is 1.77 bits per heavy atom. The summed E-state index contributed by atoms with van der Waals surface area (Å²) in [6.45, 7) is 2.27. The smallest absolute Gasteiger partial charge is 0.407 e. The average molecular weight is 425 g/mol. The van der Waals surface area contributed by atoms with Crippen LogP contribution in [0.3, 0.4) is 0 Å². The van der Waals surface area contributed by atoms with E-state index >= 15 is 0 Å². The van der Waals surface area contributed by atoms with Crippen molar-refractivity contribution < 1.29 is 9.53 Å². The summed E-state index contributed by atoms with van der Waals surface area (Å²) in [5.74, 6) is 0. The first-order valence-electron chi connectivity index (χ1n) is 9.15. The molecule has 0 heterocycles. The lowest BCUT2D eigenvalue weighted by Gasteiger charge is -2.14. The highest BCUT2D eigenvalue weighted by atomic mass is 127. The molecule has 0 bridgehead atoms. The minimum Gasteiger partial charge on any atom is -0.453 e. The van der Waals surface area contributed by atoms with E-state index in [9.17, 15) is 4.79 Å². The number of hydrogen-bond donors (Lipinski definition) is 1. The molecule has 0 aliphatic heterocycles. The number of ether oxygens (including phenoxy) is 1. The van der Waals surface area contributed by atoms with Gasteiger partial charge in [-0.2, -0.15) is 0 Å². The number of alkyl carbamates (subject to hydrolysis) is 1. The van der Waals surface area contributed by atoms with Gasteiger partial charge in [0.25, 0.3) is 0 Å². The van der Waals surface area contributed by atoms with Crippen molar-refractivity contribution in [2.24, 2.45) is 0 Å². The molecule has 0 aliphatic rings. The molecule has 0 aromatic carbocycles. The third-order valence-corrected chi connectivity index (χ3v) is 5.16. The molecule has 0 saturated heterocycles. The van der Waals surface area contributed by atoms with Crippen molar-refractivity contribution in [2.75, 3.05) is 11.5 Å². The lowest BCUT2D eigenvalue weighted by Crippen LogP contribution is -2.35. The lowest BCUT2D eigenvalue weighted by atomic mass is 10.0. The fraction of sp³-hybridized carbons (Fsp3) is 0.944. The zero-order valence-corrected chi connectivity index (χ0v) is 16.8. The maximum Gasteiger partial charge on any atom is 0.407 e. The van der Waals surface area contributed by atoms with Crippen LogP contribution in [-0.4, -0.2) is 23.7 Å². The lowest BCUT2D eigenvalue weighted by molar-refractivity contribution is 0.167. The van der Waals surface area contributed by atoms with Gasteiger partial charge in [0.1, 0.15) is 0 Å². The molecule has 1 atom stereocenters. The van der Waals surface area contributed by atoms with Gasteiger partial charge in [-0.05, 0) is 6.42 Å². The van der Waals surface area contributed by atoms with E-state index < -0.39 is 0 Å². The van der Waals surface area contributed by atoms with Gasteiger partial charge >= 0.3 is 6.09 Å². The van der Waals surface area contributed by atoms with Crippen molar-refractivity contribution in [2.45, 2.75) is 96.4 Å². The van der Waals surface area contributed by atoms with Crippen LogP contribution in [0.2, 0.25) is 0 Å². The molecule has 0 radical (unpaired) electrons. The van der Waals surface area contributed by atoms with Gasteiger partial charge in [-0.15, -0.1) is 0 Å². The van der Waals surface area contributed by atoms with Crippen LogP contribution in [0.25, 0.3) is 0 Å². The van der Waals surface area contributed by atoms with Crippen molar-refractivity contribution >= 4 is 28.7 Å². The molecule has 0 saturated carbocycles. The summed E-state index contributed by atoms with van der Waals surface area (Å²) < 4.78 is 5.59. The molecule has 0 fully saturated rings. The average Bonchev–Trinajstić information content (AvgIpc) is 2.54. The quantitative estimate of drug-likeness (QED) is 0.192. The minimum atomic E-state index is -0.305. The van der Waals surface area contributed by atoms with Crippen LogP contribution >= 0.6 is 22.6 Å². The van der Waals surface area contributed by atoms with E-state index in [4.69, 9.17) is 0 Å². The van der Waals surface area contributed by atoms with Crippen LogP contribution in [0, 0.1) is 0 Å². The second kappa shape index (κ2) is 17.4. The molecule has 1 N–H and O–H groups in total. The van der Waals surface area contributed by atoms with Crippen LogP contribution in [0.1, 0.15) is 90.4 Å². The zero-order valence-electron chi connectivity index (χ0n) is 14.7. The van der Waals surface area contributed by atoms with Crippen LogP contribution in [-0.2, 0) is 4.74 Å². The summed E-state index contributed by atoms with van der Waals surface area (Å²) in [6.07, 6.45) is 17.2. The molecule has 4 heteroatoms. The fourth-order valence-corrected chi connectivity index (χ4v) is 3.31. The summed E-state index contributed by atoms with van der Waals surface area (Å²) in [5, 5.41) is 2.89. The van der Waals surface area contributed by atoms with Crippen molar-refractivity contribution in [1.82, 2.24) is 5.32 Å². The second-order valence-corrected chi connectivity index (χ2v) is 7.05. The Labute approximate surface area is 151 Å². The van der Waals surface area contributed by atoms with Crippen molar-refractivity contribution in [3.63, 3.8) is 0 Å². The monoisotopic (exact) mass is 425 g/mol. The Hall–Kier alpha value is 0. The van der Waals surface area contributed by atoms with E-state index in [1.807, 2.05) is 0 Å². The zero-order chi connectivity index (χ0) is 16.5. The molecular weight excluding hydrogens is 389 g/mol. The Morgan fingerprint density at radius 2 is 1.36 bits per heavy atom. The summed E-state index contributed by atoms with van der Waals surface area (Å²) in [6, 6.07) is 0.260. The van der Waals surface area contributed by atoms with Crippen LogP contribution < -0.4 is 5.32 Å². The molecule has 0 aromatic heterocycles. The highest BCUT2D eigenvalue weighted by Gasteiger charge is 2.10. The Bertz CT molecular complexity index is 249. The number of unbranched alkanes of at least 4 members (excludes halogenated alkanes) is 11. The SMILES string of the molecule is CCCCCCCCCCCCCCC(CI)NC(=O)OC. The summed E-state index contributed by atoms with van der Waals surface area (Å²) in [5.41, 5.74) is 0. The Balaban J connectivity index is 3.26. The van der Waals surface area contributed by atoms with Crippen LogP contribution in [0.15, 0.2) is 0 Å². The van der Waals surface area contributed by atoms with E-state index in [1.54, 1.807) is 0 Å². The Morgan fingerprint density at radius 1 is 0.909 bits per heavy atom. The van der Waals surface area contributed by atoms with E-state index in [0.29, 0.717) is 0 Å². The third-order valence-electron chi connectivity index (χ3n) is 4.10. The first-order valence-corrected chi connectivity index (χ1v) is 10.7. The number of rotatable bonds is 15. The predicted molar refractivity (Wildman–Crippen MR) is 104 cm³/mol. The van der Waals surface area contributed by atoms with E-state index in [2.05, 4.69) is 39.6 Å². The maximum atomic E-state index is 11.2. The third kappa shape index (κ3) is 14.9. The second-order valence-electron chi connectivity index (χ2n) is 6.16. The van der Waals surface area contributed by atoms with Crippen LogP contribution in [0.5, 0.6) is 0 Å². The predicted octanol–water partition coefficient (Wildman–Crippen LogP) is 6.24. The number of carbonyl (C=O) groups excluding carboxylic acids is 1. The fourth-order valence-electron chi connectivity index (χ4n) is 2.65. The molecule has 0 aromatic rings. The Kier molecular flexibility index (Phi) is 17.4. The van der Waals surface area contributed by atoms with E-state index in [1.165, 1.54) is 84.2 Å². The number of amides is 1. The number of carbonyl (C=O) groups is 1. The van der Waals surface area contributed by atoms with Gasteiger partial charge in [-0.3, -0.25) is 0 Å². The standard InChI is InChI=1S/C18H36INO2/c1-3-4-5-6-7-8-9-10-11-12-13-14-15-17(16-19)20-18(21)22-2/h17H,3-16H2,1-2H3,(H,20,21). The van der Waals surface area contributed by atoms with E-state index in [-0.39, 0.29) is 12.1 Å². The van der Waals surface area contributed by atoms with Crippen LogP contribution in [0.4, 0.5) is 4.79 Å². The van der Waals surface area contributed by atoms with Gasteiger partial charge in [-0.25, -0.2) is 4.79 Å². The molecule has 0 aliphatic carbocycles. The van der Waals surface area contributed by atoms with E-state index in [0.717, 1.165) is 10.8 Å². The molecule has 22 heavy (non-hydrogen) atoms. The number of methoxy groups -OCH3 is 1. The molecular formula is C18H36INO2. The van der Waals surface area contributed by atoms with Crippen molar-refractivity contribution in [3.8, 4) is 0 Å². The molecule has 0 spiro atoms. The van der Waals surface area contributed by atoms with Gasteiger partial charge in [-0.1, -0.05) is 107 Å². The maximum absolute atomic E-state index is 11.2. The minimum absolute atomic E-state index is 0.260. The largest absolute Gasteiger partial charge is 0.453 e. The topological polar surface area (TPSA) is 38.3 Å². The number of halogens is 1. The highest BCUT2D eigenvalue weighted by Crippen LogP contribution is 2.13. The van der Waals surface area contributed by atoms with Gasteiger partial charge in [0.2, 0.25) is 0 Å². The number of nitrogens with one attached hydrogen (secondary N) is 1. The molecule has 1 unspecified atom stereocenters. The highest BCUT2D eigenvalue weighted by molar-refractivity contribution is 14.1. The number of hydrogen-bond acceptors (Lipinski definition) is 2. The summed E-state index contributed by atoms with van der Waals surface area (Å²) in [7, 11) is 1.42. The molecule has 3 nitrogen and oxygen atoms in total. The van der Waals surface area contributed by atoms with Gasteiger partial charge < -0.3 is 10.1 Å². The van der Waals surface area contributed by atoms with Gasteiger partial charge in [0.05, 0.1) is 7.11 Å². The first kappa shape index (κ1) is 22.0. The van der Waals surface area contributed by atoms with Crippen molar-refractivity contribution in [1.29, 1.82) is 0 Å². The molecule has 0 rings (SSSR count).